The van der Waals surface area contributed by atoms with Crippen molar-refractivity contribution in [3.05, 3.63) is 109 Å². The van der Waals surface area contributed by atoms with E-state index in [4.69, 9.17) is 14.2 Å². The maximum Gasteiger partial charge on any atom is 0.306 e. The zero-order valence-corrected chi connectivity index (χ0v) is 45.5. The third-order valence-corrected chi connectivity index (χ3v) is 12.0. The van der Waals surface area contributed by atoms with Gasteiger partial charge in [-0.1, -0.05) is 220 Å². The molecule has 0 aliphatic rings. The molecule has 0 amide bonds. The minimum Gasteiger partial charge on any atom is -0.462 e. The van der Waals surface area contributed by atoms with Crippen LogP contribution in [0.5, 0.6) is 0 Å². The molecule has 0 rings (SSSR count). The van der Waals surface area contributed by atoms with Crippen LogP contribution in [0.3, 0.4) is 0 Å². The Morgan fingerprint density at radius 1 is 0.300 bits per heavy atom. The maximum atomic E-state index is 12.9. The second-order valence-corrected chi connectivity index (χ2v) is 18.8. The maximum absolute atomic E-state index is 12.9. The monoisotopic (exact) mass is 971 g/mol. The Kier molecular flexibility index (Phi) is 54.4. The van der Waals surface area contributed by atoms with Gasteiger partial charge in [0, 0.05) is 19.3 Å². The van der Waals surface area contributed by atoms with E-state index in [9.17, 15) is 14.4 Å². The van der Waals surface area contributed by atoms with Crippen molar-refractivity contribution in [1.82, 2.24) is 0 Å². The van der Waals surface area contributed by atoms with Crippen LogP contribution in [0.25, 0.3) is 0 Å². The van der Waals surface area contributed by atoms with Crippen molar-refractivity contribution >= 4 is 17.9 Å². The number of carbonyl (C=O) groups excluding carboxylic acids is 3. The molecule has 0 saturated carbocycles. The summed E-state index contributed by atoms with van der Waals surface area (Å²) in [4.78, 5) is 38.2. The molecule has 1 unspecified atom stereocenters. The van der Waals surface area contributed by atoms with Crippen molar-refractivity contribution in [2.75, 3.05) is 13.2 Å². The summed E-state index contributed by atoms with van der Waals surface area (Å²) in [5.74, 6) is -0.953. The summed E-state index contributed by atoms with van der Waals surface area (Å²) in [7, 11) is 0. The van der Waals surface area contributed by atoms with Gasteiger partial charge < -0.3 is 14.2 Å². The summed E-state index contributed by atoms with van der Waals surface area (Å²) < 4.78 is 16.8. The second-order valence-electron chi connectivity index (χ2n) is 18.8. The molecule has 6 heteroatoms. The lowest BCUT2D eigenvalue weighted by Gasteiger charge is -2.18. The summed E-state index contributed by atoms with van der Waals surface area (Å²) in [6, 6.07) is 0. The molecule has 0 radical (unpaired) electrons. The summed E-state index contributed by atoms with van der Waals surface area (Å²) in [5.41, 5.74) is 0. The molecular weight excluding hydrogens is 865 g/mol. The van der Waals surface area contributed by atoms with E-state index >= 15 is 0 Å². The lowest BCUT2D eigenvalue weighted by molar-refractivity contribution is -0.167. The van der Waals surface area contributed by atoms with Crippen LogP contribution in [-0.2, 0) is 28.6 Å². The van der Waals surface area contributed by atoms with Crippen LogP contribution < -0.4 is 0 Å². The molecule has 1 atom stereocenters. The predicted molar refractivity (Wildman–Crippen MR) is 302 cm³/mol. The molecule has 0 fully saturated rings. The lowest BCUT2D eigenvalue weighted by Crippen LogP contribution is -2.30. The van der Waals surface area contributed by atoms with Crippen molar-refractivity contribution in [1.29, 1.82) is 0 Å². The number of unbranched alkanes of at least 4 members (excludes halogenated alkanes) is 22. The van der Waals surface area contributed by atoms with Crippen LogP contribution in [0.15, 0.2) is 109 Å². The van der Waals surface area contributed by atoms with Crippen molar-refractivity contribution < 1.29 is 28.6 Å². The van der Waals surface area contributed by atoms with Gasteiger partial charge in [0.2, 0.25) is 0 Å². The number of carbonyl (C=O) groups is 3. The Morgan fingerprint density at radius 3 is 0.914 bits per heavy atom. The summed E-state index contributed by atoms with van der Waals surface area (Å²) >= 11 is 0. The summed E-state index contributed by atoms with van der Waals surface area (Å²) in [5, 5.41) is 0. The van der Waals surface area contributed by atoms with Crippen LogP contribution >= 0.6 is 0 Å². The van der Waals surface area contributed by atoms with Gasteiger partial charge >= 0.3 is 17.9 Å². The Balaban J connectivity index is 4.50. The van der Waals surface area contributed by atoms with Gasteiger partial charge in [-0.15, -0.1) is 0 Å². The first kappa shape index (κ1) is 66.1. The van der Waals surface area contributed by atoms with Gasteiger partial charge in [0.15, 0.2) is 6.10 Å². The first-order valence-corrected chi connectivity index (χ1v) is 28.9. The van der Waals surface area contributed by atoms with E-state index < -0.39 is 6.10 Å². The van der Waals surface area contributed by atoms with Gasteiger partial charge in [-0.3, -0.25) is 14.4 Å². The summed E-state index contributed by atoms with van der Waals surface area (Å²) in [6.07, 6.45) is 77.8. The molecule has 0 saturated heterocycles. The standard InChI is InChI=1S/C64H106O6/c1-4-7-10-13-16-19-22-25-28-31-32-34-36-39-42-45-48-51-54-57-63(66)69-60-61(59-68-62(65)56-53-50-47-44-41-38-35-30-27-24-21-18-15-12-9-6-3)70-64(67)58-55-52-49-46-43-40-37-33-29-26-23-20-17-14-11-8-5-2/h7,10,16-17,19-21,24-26,28-30,32,34-35,39,42,61H,4-6,8-9,11-15,18,22-23,27,31,33,36-38,40-41,43-60H2,1-3H3/b10-7-,19-16-,20-17-,24-21-,28-25-,29-26-,34-32-,35-30-,42-39-. The minimum absolute atomic E-state index is 0.101. The van der Waals surface area contributed by atoms with Crippen molar-refractivity contribution in [3.8, 4) is 0 Å². The number of hydrogen-bond acceptors (Lipinski definition) is 6. The number of allylic oxidation sites excluding steroid dienone is 18. The third-order valence-electron chi connectivity index (χ3n) is 12.0. The van der Waals surface area contributed by atoms with Gasteiger partial charge in [0.05, 0.1) is 0 Å². The molecule has 0 N–H and O–H groups in total. The Morgan fingerprint density at radius 2 is 0.557 bits per heavy atom. The molecule has 0 aromatic rings. The molecule has 0 aliphatic heterocycles. The molecule has 0 aromatic carbocycles. The van der Waals surface area contributed by atoms with E-state index in [1.165, 1.54) is 83.5 Å². The first-order valence-electron chi connectivity index (χ1n) is 28.9. The third kappa shape index (κ3) is 55.0. The van der Waals surface area contributed by atoms with Crippen LogP contribution in [0.4, 0.5) is 0 Å². The fraction of sp³-hybridized carbons (Fsp3) is 0.672. The molecule has 70 heavy (non-hydrogen) atoms. The van der Waals surface area contributed by atoms with E-state index in [1.54, 1.807) is 0 Å². The van der Waals surface area contributed by atoms with Crippen LogP contribution in [0, 0.1) is 0 Å². The molecule has 0 heterocycles. The molecule has 0 aliphatic carbocycles. The van der Waals surface area contributed by atoms with Crippen LogP contribution in [-0.4, -0.2) is 37.2 Å². The number of rotatable bonds is 51. The molecule has 6 nitrogen and oxygen atoms in total. The molecule has 0 aromatic heterocycles. The van der Waals surface area contributed by atoms with Gasteiger partial charge in [0.25, 0.3) is 0 Å². The average Bonchev–Trinajstić information content (AvgIpc) is 3.36. The van der Waals surface area contributed by atoms with E-state index in [1.807, 2.05) is 0 Å². The van der Waals surface area contributed by atoms with Crippen molar-refractivity contribution in [3.63, 3.8) is 0 Å². The van der Waals surface area contributed by atoms with E-state index in [0.717, 1.165) is 135 Å². The van der Waals surface area contributed by atoms with Crippen LogP contribution in [0.2, 0.25) is 0 Å². The highest BCUT2D eigenvalue weighted by Crippen LogP contribution is 2.14. The highest BCUT2D eigenvalue weighted by Gasteiger charge is 2.19. The average molecular weight is 972 g/mol. The van der Waals surface area contributed by atoms with E-state index in [-0.39, 0.29) is 31.1 Å². The number of hydrogen-bond donors (Lipinski definition) is 0. The second kappa shape index (κ2) is 57.6. The largest absolute Gasteiger partial charge is 0.462 e. The Bertz CT molecular complexity index is 1440. The fourth-order valence-electron chi connectivity index (χ4n) is 7.65. The molecule has 0 spiro atoms. The Hall–Kier alpha value is -3.93. The predicted octanol–water partition coefficient (Wildman–Crippen LogP) is 19.5. The normalized spacial score (nSPS) is 12.9. The van der Waals surface area contributed by atoms with Crippen LogP contribution in [0.1, 0.15) is 258 Å². The lowest BCUT2D eigenvalue weighted by atomic mass is 10.1. The topological polar surface area (TPSA) is 78.9 Å². The summed E-state index contributed by atoms with van der Waals surface area (Å²) in [6.45, 7) is 6.44. The van der Waals surface area contributed by atoms with Crippen molar-refractivity contribution in [2.24, 2.45) is 0 Å². The Labute approximate surface area is 431 Å². The molecule has 398 valence electrons. The number of esters is 3. The SMILES string of the molecule is CC/C=C\C/C=C\C/C=C\C/C=C\C/C=C\CCCCCC(=O)OCC(COC(=O)CCCCCCC/C=C\C/C=C\CCCCCC)OC(=O)CCCCCCCCC/C=C\C/C=C\CCCCC. The fourth-order valence-corrected chi connectivity index (χ4v) is 7.65. The zero-order valence-electron chi connectivity index (χ0n) is 45.5. The van der Waals surface area contributed by atoms with Gasteiger partial charge in [-0.2, -0.15) is 0 Å². The zero-order chi connectivity index (χ0) is 50.7. The first-order chi connectivity index (χ1) is 34.5. The van der Waals surface area contributed by atoms with E-state index in [0.29, 0.717) is 19.3 Å². The minimum atomic E-state index is -0.805. The highest BCUT2D eigenvalue weighted by molar-refractivity contribution is 5.71. The quantitative estimate of drug-likeness (QED) is 0.0262. The molecular formula is C64H106O6. The smallest absolute Gasteiger partial charge is 0.306 e. The number of ether oxygens (including phenoxy) is 3. The van der Waals surface area contributed by atoms with Gasteiger partial charge in [-0.05, 0) is 128 Å². The van der Waals surface area contributed by atoms with Crippen molar-refractivity contribution in [2.45, 2.75) is 264 Å². The van der Waals surface area contributed by atoms with E-state index in [2.05, 4.69) is 130 Å². The highest BCUT2D eigenvalue weighted by atomic mass is 16.6. The van der Waals surface area contributed by atoms with Gasteiger partial charge in [0.1, 0.15) is 13.2 Å². The molecule has 0 bridgehead atoms. The van der Waals surface area contributed by atoms with Gasteiger partial charge in [-0.25, -0.2) is 0 Å².